The van der Waals surface area contributed by atoms with Crippen LogP contribution in [-0.2, 0) is 0 Å². The van der Waals surface area contributed by atoms with Crippen LogP contribution in [0.4, 0.5) is 5.82 Å². The number of rotatable bonds is 5. The summed E-state index contributed by atoms with van der Waals surface area (Å²) in [6.45, 7) is 5.29. The maximum Gasteiger partial charge on any atom is 0.196 e. The summed E-state index contributed by atoms with van der Waals surface area (Å²) in [7, 11) is 0. The minimum Gasteiger partial charge on any atom is -0.450 e. The summed E-state index contributed by atoms with van der Waals surface area (Å²) in [5.41, 5.74) is 3.42. The second-order valence-electron chi connectivity index (χ2n) is 6.65. The summed E-state index contributed by atoms with van der Waals surface area (Å²) in [5.74, 6) is 2.11. The molecule has 2 heterocycles. The van der Waals surface area contributed by atoms with Crippen molar-refractivity contribution in [1.29, 1.82) is 0 Å². The molecule has 4 nitrogen and oxygen atoms in total. The molecule has 134 valence electrons. The number of nitrogens with zero attached hydrogens (tertiary/aromatic N) is 2. The average molecular weight is 368 g/mol. The van der Waals surface area contributed by atoms with Gasteiger partial charge in [-0.1, -0.05) is 56.3 Å². The molecular formula is C21H22ClN3O. The predicted octanol–water partition coefficient (Wildman–Crippen LogP) is 5.92. The Morgan fingerprint density at radius 1 is 0.962 bits per heavy atom. The molecule has 0 aliphatic rings. The highest BCUT2D eigenvalue weighted by molar-refractivity contribution is 6.06. The van der Waals surface area contributed by atoms with Gasteiger partial charge in [-0.05, 0) is 24.5 Å². The van der Waals surface area contributed by atoms with Crippen molar-refractivity contribution in [2.24, 2.45) is 5.92 Å². The van der Waals surface area contributed by atoms with E-state index in [0.717, 1.165) is 46.4 Å². The topological polar surface area (TPSA) is 51.0 Å². The van der Waals surface area contributed by atoms with Gasteiger partial charge in [-0.15, -0.1) is 12.4 Å². The van der Waals surface area contributed by atoms with E-state index < -0.39 is 0 Å². The molecule has 4 rings (SSSR count). The molecule has 0 saturated heterocycles. The van der Waals surface area contributed by atoms with Crippen LogP contribution in [0.25, 0.3) is 33.5 Å². The van der Waals surface area contributed by atoms with E-state index in [1.807, 2.05) is 54.6 Å². The van der Waals surface area contributed by atoms with Gasteiger partial charge in [0.05, 0.1) is 0 Å². The van der Waals surface area contributed by atoms with E-state index in [9.17, 15) is 0 Å². The molecule has 0 radical (unpaired) electrons. The Hall–Kier alpha value is -2.59. The fourth-order valence-corrected chi connectivity index (χ4v) is 2.91. The minimum absolute atomic E-state index is 0. The highest BCUT2D eigenvalue weighted by atomic mass is 35.5. The summed E-state index contributed by atoms with van der Waals surface area (Å²) < 4.78 is 6.04. The van der Waals surface area contributed by atoms with E-state index in [0.29, 0.717) is 11.7 Å². The molecule has 4 aromatic rings. The lowest BCUT2D eigenvalue weighted by Gasteiger charge is -2.09. The van der Waals surface area contributed by atoms with Gasteiger partial charge in [-0.3, -0.25) is 0 Å². The van der Waals surface area contributed by atoms with Crippen LogP contribution in [0, 0.1) is 5.92 Å². The van der Waals surface area contributed by atoms with Crippen LogP contribution in [0.3, 0.4) is 0 Å². The summed E-state index contributed by atoms with van der Waals surface area (Å²) in [6.07, 6.45) is 1.08. The van der Waals surface area contributed by atoms with Gasteiger partial charge in [0.2, 0.25) is 0 Å². The van der Waals surface area contributed by atoms with Gasteiger partial charge in [-0.2, -0.15) is 0 Å². The van der Waals surface area contributed by atoms with E-state index >= 15 is 0 Å². The van der Waals surface area contributed by atoms with Crippen LogP contribution in [-0.4, -0.2) is 16.5 Å². The summed E-state index contributed by atoms with van der Waals surface area (Å²) >= 11 is 0. The third kappa shape index (κ3) is 3.51. The number of para-hydroxylation sites is 1. The van der Waals surface area contributed by atoms with Crippen LogP contribution in [0.2, 0.25) is 0 Å². The molecule has 0 amide bonds. The quantitative estimate of drug-likeness (QED) is 0.475. The van der Waals surface area contributed by atoms with E-state index in [4.69, 9.17) is 14.4 Å². The van der Waals surface area contributed by atoms with Gasteiger partial charge in [0.1, 0.15) is 11.1 Å². The molecule has 2 aromatic carbocycles. The molecule has 0 spiro atoms. The molecule has 0 aliphatic carbocycles. The van der Waals surface area contributed by atoms with Crippen molar-refractivity contribution in [3.63, 3.8) is 0 Å². The van der Waals surface area contributed by atoms with E-state index in [-0.39, 0.29) is 12.4 Å². The van der Waals surface area contributed by atoms with E-state index in [1.54, 1.807) is 0 Å². The molecule has 5 heteroatoms. The van der Waals surface area contributed by atoms with Crippen molar-refractivity contribution in [2.45, 2.75) is 20.3 Å². The molecule has 26 heavy (non-hydrogen) atoms. The second kappa shape index (κ2) is 7.75. The van der Waals surface area contributed by atoms with Crippen LogP contribution in [0.1, 0.15) is 20.3 Å². The highest BCUT2D eigenvalue weighted by Crippen LogP contribution is 2.33. The molecule has 0 atom stereocenters. The molecule has 0 aliphatic heterocycles. The lowest BCUT2D eigenvalue weighted by atomic mass is 10.1. The van der Waals surface area contributed by atoms with Crippen LogP contribution in [0.15, 0.2) is 59.0 Å². The lowest BCUT2D eigenvalue weighted by molar-refractivity contribution is 0.605. The normalized spacial score (nSPS) is 11.0. The first-order valence-corrected chi connectivity index (χ1v) is 8.71. The van der Waals surface area contributed by atoms with Crippen molar-refractivity contribution in [1.82, 2.24) is 9.97 Å². The van der Waals surface area contributed by atoms with Crippen LogP contribution in [0.5, 0.6) is 0 Å². The number of furan rings is 1. The summed E-state index contributed by atoms with van der Waals surface area (Å²) in [4.78, 5) is 9.54. The molecule has 0 saturated carbocycles. The Balaban J connectivity index is 0.00000196. The number of hydrogen-bond acceptors (Lipinski definition) is 4. The predicted molar refractivity (Wildman–Crippen MR) is 110 cm³/mol. The Kier molecular flexibility index (Phi) is 5.43. The number of fused-ring (bicyclic) bond motifs is 3. The Morgan fingerprint density at radius 3 is 2.46 bits per heavy atom. The number of hydrogen-bond donors (Lipinski definition) is 1. The molecular weight excluding hydrogens is 346 g/mol. The van der Waals surface area contributed by atoms with Gasteiger partial charge in [-0.25, -0.2) is 9.97 Å². The molecule has 0 unspecified atom stereocenters. The van der Waals surface area contributed by atoms with E-state index in [1.165, 1.54) is 0 Å². The Morgan fingerprint density at radius 2 is 1.69 bits per heavy atom. The number of anilines is 1. The third-order valence-corrected chi connectivity index (χ3v) is 4.27. The summed E-state index contributed by atoms with van der Waals surface area (Å²) in [5, 5.41) is 4.46. The van der Waals surface area contributed by atoms with Crippen molar-refractivity contribution in [3.05, 3.63) is 54.6 Å². The van der Waals surface area contributed by atoms with Gasteiger partial charge in [0, 0.05) is 17.5 Å². The van der Waals surface area contributed by atoms with Gasteiger partial charge in [0.15, 0.2) is 17.2 Å². The first-order chi connectivity index (χ1) is 12.2. The molecule has 1 N–H and O–H groups in total. The minimum atomic E-state index is 0. The zero-order valence-corrected chi connectivity index (χ0v) is 15.7. The fraction of sp³-hybridized carbons (Fsp3) is 0.238. The average Bonchev–Trinajstić information content (AvgIpc) is 3.01. The first kappa shape index (κ1) is 18.2. The van der Waals surface area contributed by atoms with Gasteiger partial charge >= 0.3 is 0 Å². The maximum absolute atomic E-state index is 6.04. The van der Waals surface area contributed by atoms with Gasteiger partial charge in [0.25, 0.3) is 0 Å². The maximum atomic E-state index is 6.04. The molecule has 0 bridgehead atoms. The standard InChI is InChI=1S/C21H21N3O.ClH/c1-14(2)12-13-22-21-19-18(16-10-6-7-11-17(16)25-19)23-20(24-21)15-8-4-3-5-9-15;/h3-11,14H,12-13H2,1-2H3,(H,22,23,24);1H. The second-order valence-corrected chi connectivity index (χ2v) is 6.65. The SMILES string of the molecule is CC(C)CCNc1nc(-c2ccccc2)nc2c1oc1ccccc12.Cl. The van der Waals surface area contributed by atoms with Gasteiger partial charge < -0.3 is 9.73 Å². The Bertz CT molecular complexity index is 1010. The van der Waals surface area contributed by atoms with Crippen LogP contribution < -0.4 is 5.32 Å². The zero-order valence-electron chi connectivity index (χ0n) is 14.9. The molecule has 0 fully saturated rings. The molecule has 2 aromatic heterocycles. The smallest absolute Gasteiger partial charge is 0.196 e. The number of nitrogens with one attached hydrogen (secondary N) is 1. The Labute approximate surface area is 159 Å². The number of aromatic nitrogens is 2. The van der Waals surface area contributed by atoms with Crippen LogP contribution >= 0.6 is 12.4 Å². The highest BCUT2D eigenvalue weighted by Gasteiger charge is 2.16. The largest absolute Gasteiger partial charge is 0.450 e. The van der Waals surface area contributed by atoms with Crippen molar-refractivity contribution >= 4 is 40.3 Å². The van der Waals surface area contributed by atoms with Crippen molar-refractivity contribution in [2.75, 3.05) is 11.9 Å². The number of halogens is 1. The lowest BCUT2D eigenvalue weighted by Crippen LogP contribution is -2.07. The fourth-order valence-electron chi connectivity index (χ4n) is 2.91. The first-order valence-electron chi connectivity index (χ1n) is 8.71. The van der Waals surface area contributed by atoms with E-state index in [2.05, 4.69) is 19.2 Å². The zero-order chi connectivity index (χ0) is 17.2. The van der Waals surface area contributed by atoms with Crippen molar-refractivity contribution in [3.8, 4) is 11.4 Å². The summed E-state index contributed by atoms with van der Waals surface area (Å²) in [6, 6.07) is 18.1. The van der Waals surface area contributed by atoms with Crippen molar-refractivity contribution < 1.29 is 4.42 Å². The monoisotopic (exact) mass is 367 g/mol. The third-order valence-electron chi connectivity index (χ3n) is 4.27. The number of benzene rings is 2.